The number of carboxylic acids is 1. The highest BCUT2D eigenvalue weighted by molar-refractivity contribution is 5.95. The van der Waals surface area contributed by atoms with Gasteiger partial charge in [0.2, 0.25) is 11.7 Å². The molecule has 2 aromatic heterocycles. The van der Waals surface area contributed by atoms with Crippen LogP contribution in [0.4, 0.5) is 19.1 Å². The summed E-state index contributed by atoms with van der Waals surface area (Å²) in [6.07, 6.45) is -3.62. The van der Waals surface area contributed by atoms with Gasteiger partial charge in [-0.05, 0) is 23.8 Å². The van der Waals surface area contributed by atoms with E-state index in [-0.39, 0.29) is 12.1 Å². The highest BCUT2D eigenvalue weighted by Gasteiger charge is 2.31. The smallest absolute Gasteiger partial charge is 0.416 e. The number of aromatic nitrogens is 2. The molecular formula is C20H17F3N4O6. The summed E-state index contributed by atoms with van der Waals surface area (Å²) in [5, 5.41) is 34.0. The van der Waals surface area contributed by atoms with Gasteiger partial charge in [-0.3, -0.25) is 4.79 Å². The van der Waals surface area contributed by atoms with E-state index in [0.29, 0.717) is 5.76 Å². The van der Waals surface area contributed by atoms with E-state index < -0.39 is 59.4 Å². The summed E-state index contributed by atoms with van der Waals surface area (Å²) in [7, 11) is 0. The van der Waals surface area contributed by atoms with Crippen molar-refractivity contribution in [3.63, 3.8) is 0 Å². The number of benzene rings is 1. The van der Waals surface area contributed by atoms with Crippen molar-refractivity contribution in [2.75, 3.05) is 5.32 Å². The van der Waals surface area contributed by atoms with Gasteiger partial charge in [-0.1, -0.05) is 18.2 Å². The minimum absolute atomic E-state index is 0.0594. The number of aliphatic carboxylic acids is 1. The summed E-state index contributed by atoms with van der Waals surface area (Å²) in [5.74, 6) is -4.46. The molecule has 0 aliphatic heterocycles. The summed E-state index contributed by atoms with van der Waals surface area (Å²) in [5.41, 5.74) is -1.54. The fourth-order valence-corrected chi connectivity index (χ4v) is 2.80. The SMILES string of the molecule is O=C(NCc1ccco1)c1nc(N[C@@H](Cc2cccc(C(F)(F)F)c2)C(=O)O)nc(O)c1O. The number of aromatic hydroxyl groups is 2. The molecule has 0 bridgehead atoms. The Balaban J connectivity index is 1.80. The first-order valence-corrected chi connectivity index (χ1v) is 9.30. The van der Waals surface area contributed by atoms with Gasteiger partial charge >= 0.3 is 12.1 Å². The molecule has 0 saturated carbocycles. The summed E-state index contributed by atoms with van der Waals surface area (Å²) in [4.78, 5) is 31.2. The number of carbonyl (C=O) groups excluding carboxylic acids is 1. The number of nitrogens with zero attached hydrogens (tertiary/aromatic N) is 2. The maximum atomic E-state index is 12.9. The molecule has 174 valence electrons. The highest BCUT2D eigenvalue weighted by atomic mass is 19.4. The van der Waals surface area contributed by atoms with Crippen LogP contribution >= 0.6 is 0 Å². The summed E-state index contributed by atoms with van der Waals surface area (Å²) >= 11 is 0. The lowest BCUT2D eigenvalue weighted by molar-refractivity contribution is -0.138. The number of rotatable bonds is 8. The molecule has 0 aliphatic carbocycles. The van der Waals surface area contributed by atoms with Crippen molar-refractivity contribution < 1.29 is 42.5 Å². The third-order valence-electron chi connectivity index (χ3n) is 4.38. The number of carboxylic acid groups (broad SMARTS) is 1. The Morgan fingerprint density at radius 2 is 1.88 bits per heavy atom. The number of anilines is 1. The molecule has 2 heterocycles. The highest BCUT2D eigenvalue weighted by Crippen LogP contribution is 2.30. The fourth-order valence-electron chi connectivity index (χ4n) is 2.80. The van der Waals surface area contributed by atoms with Crippen LogP contribution in [0.15, 0.2) is 47.1 Å². The molecule has 33 heavy (non-hydrogen) atoms. The third kappa shape index (κ3) is 5.90. The van der Waals surface area contributed by atoms with Gasteiger partial charge in [0.05, 0.1) is 18.4 Å². The molecule has 0 fully saturated rings. The van der Waals surface area contributed by atoms with Crippen LogP contribution in [0.1, 0.15) is 27.4 Å². The second-order valence-electron chi connectivity index (χ2n) is 6.77. The van der Waals surface area contributed by atoms with Gasteiger partial charge < -0.3 is 30.4 Å². The Labute approximate surface area is 183 Å². The molecule has 10 nitrogen and oxygen atoms in total. The first kappa shape index (κ1) is 23.4. The number of hydrogen-bond acceptors (Lipinski definition) is 8. The molecule has 5 N–H and O–H groups in total. The van der Waals surface area contributed by atoms with Crippen LogP contribution < -0.4 is 10.6 Å². The maximum absolute atomic E-state index is 12.9. The van der Waals surface area contributed by atoms with Gasteiger partial charge in [0.15, 0.2) is 5.69 Å². The lowest BCUT2D eigenvalue weighted by Gasteiger charge is -2.16. The van der Waals surface area contributed by atoms with E-state index in [1.165, 1.54) is 12.3 Å². The first-order valence-electron chi connectivity index (χ1n) is 9.30. The first-order chi connectivity index (χ1) is 15.5. The predicted octanol–water partition coefficient (Wildman–Crippen LogP) is 2.54. The third-order valence-corrected chi connectivity index (χ3v) is 4.38. The second-order valence-corrected chi connectivity index (χ2v) is 6.77. The van der Waals surface area contributed by atoms with E-state index >= 15 is 0 Å². The van der Waals surface area contributed by atoms with Gasteiger partial charge in [0.1, 0.15) is 11.8 Å². The van der Waals surface area contributed by atoms with Crippen molar-refractivity contribution in [2.45, 2.75) is 25.2 Å². The van der Waals surface area contributed by atoms with E-state index in [2.05, 4.69) is 20.6 Å². The topological polar surface area (TPSA) is 158 Å². The maximum Gasteiger partial charge on any atom is 0.416 e. The average Bonchev–Trinajstić information content (AvgIpc) is 3.27. The van der Waals surface area contributed by atoms with Crippen molar-refractivity contribution in [3.8, 4) is 11.6 Å². The van der Waals surface area contributed by atoms with E-state index in [1.54, 1.807) is 12.1 Å². The fraction of sp³-hybridized carbons (Fsp3) is 0.200. The number of furan rings is 1. The quantitative estimate of drug-likeness (QED) is 0.336. The minimum Gasteiger partial charge on any atom is -0.501 e. The molecule has 1 atom stereocenters. The zero-order valence-corrected chi connectivity index (χ0v) is 16.6. The number of carbonyl (C=O) groups is 2. The summed E-state index contributed by atoms with van der Waals surface area (Å²) < 4.78 is 43.8. The molecule has 0 spiro atoms. The van der Waals surface area contributed by atoms with E-state index in [4.69, 9.17) is 4.42 Å². The molecule has 0 unspecified atom stereocenters. The Hall–Kier alpha value is -4.29. The van der Waals surface area contributed by atoms with Gasteiger partial charge in [-0.15, -0.1) is 0 Å². The molecule has 3 rings (SSSR count). The minimum atomic E-state index is -4.61. The predicted molar refractivity (Wildman–Crippen MR) is 105 cm³/mol. The van der Waals surface area contributed by atoms with Crippen molar-refractivity contribution in [2.24, 2.45) is 0 Å². The van der Waals surface area contributed by atoms with Crippen molar-refractivity contribution in [1.82, 2.24) is 15.3 Å². The zero-order valence-electron chi connectivity index (χ0n) is 16.6. The average molecular weight is 466 g/mol. The van der Waals surface area contributed by atoms with Crippen LogP contribution in [0.25, 0.3) is 0 Å². The monoisotopic (exact) mass is 466 g/mol. The molecule has 1 amide bonds. The Morgan fingerprint density at radius 3 is 2.52 bits per heavy atom. The number of hydrogen-bond donors (Lipinski definition) is 5. The normalized spacial score (nSPS) is 12.2. The molecule has 0 aliphatic rings. The lowest BCUT2D eigenvalue weighted by atomic mass is 10.0. The molecule has 1 aromatic carbocycles. The molecule has 3 aromatic rings. The second kappa shape index (κ2) is 9.46. The summed E-state index contributed by atoms with van der Waals surface area (Å²) in [6, 6.07) is 5.76. The van der Waals surface area contributed by atoms with Gasteiger partial charge in [-0.2, -0.15) is 18.2 Å². The van der Waals surface area contributed by atoms with Gasteiger partial charge in [0.25, 0.3) is 11.8 Å². The van der Waals surface area contributed by atoms with Crippen LogP contribution in [0, 0.1) is 0 Å². The number of alkyl halides is 3. The molecule has 13 heteroatoms. The Morgan fingerprint density at radius 1 is 1.12 bits per heavy atom. The number of amides is 1. The van der Waals surface area contributed by atoms with Crippen molar-refractivity contribution in [1.29, 1.82) is 0 Å². The zero-order chi connectivity index (χ0) is 24.2. The van der Waals surface area contributed by atoms with Gasteiger partial charge in [0, 0.05) is 6.42 Å². The Kier molecular flexibility index (Phi) is 6.70. The lowest BCUT2D eigenvalue weighted by Crippen LogP contribution is -2.33. The van der Waals surface area contributed by atoms with E-state index in [1.807, 2.05) is 0 Å². The molecular weight excluding hydrogens is 449 g/mol. The standard InChI is InChI=1S/C20H17F3N4O6/c21-20(22,23)11-4-1-3-10(7-11)8-13(18(31)32)25-19-26-14(15(28)17(30)27-19)16(29)24-9-12-5-2-6-33-12/h1-7,13,28H,8-9H2,(H,24,29)(H,31,32)(H2,25,26,27,30)/t13-/m0/s1. The Bertz CT molecular complexity index is 1150. The van der Waals surface area contributed by atoms with Crippen molar-refractivity contribution >= 4 is 17.8 Å². The largest absolute Gasteiger partial charge is 0.501 e. The van der Waals surface area contributed by atoms with Gasteiger partial charge in [-0.25, -0.2) is 9.78 Å². The van der Waals surface area contributed by atoms with Crippen LogP contribution in [-0.2, 0) is 23.9 Å². The van der Waals surface area contributed by atoms with Crippen LogP contribution in [-0.4, -0.2) is 43.2 Å². The van der Waals surface area contributed by atoms with Crippen LogP contribution in [0.2, 0.25) is 0 Å². The number of nitrogens with one attached hydrogen (secondary N) is 2. The van der Waals surface area contributed by atoms with Crippen molar-refractivity contribution in [3.05, 3.63) is 65.2 Å². The molecule has 0 radical (unpaired) electrons. The van der Waals surface area contributed by atoms with E-state index in [9.17, 15) is 38.1 Å². The van der Waals surface area contributed by atoms with E-state index in [0.717, 1.165) is 18.2 Å². The summed E-state index contributed by atoms with van der Waals surface area (Å²) in [6.45, 7) is -0.0634. The van der Waals surface area contributed by atoms with Crippen LogP contribution in [0.5, 0.6) is 11.6 Å². The number of halogens is 3. The van der Waals surface area contributed by atoms with Crippen LogP contribution in [0.3, 0.4) is 0 Å². The molecule has 0 saturated heterocycles.